The van der Waals surface area contributed by atoms with Crippen molar-refractivity contribution in [3.05, 3.63) is 40.7 Å². The molecule has 10 heteroatoms. The molecular formula is C18H21N7O2S. The Labute approximate surface area is 166 Å². The maximum atomic E-state index is 8.36. The van der Waals surface area contributed by atoms with Gasteiger partial charge in [-0.05, 0) is 43.7 Å². The molecule has 146 valence electrons. The predicted molar refractivity (Wildman–Crippen MR) is 108 cm³/mol. The number of pyridine rings is 2. The van der Waals surface area contributed by atoms with Crippen LogP contribution in [0.2, 0.25) is 0 Å². The fourth-order valence-electron chi connectivity index (χ4n) is 2.96. The van der Waals surface area contributed by atoms with Crippen molar-refractivity contribution in [2.75, 3.05) is 18.1 Å². The molecule has 0 aromatic carbocycles. The van der Waals surface area contributed by atoms with E-state index in [1.54, 1.807) is 6.20 Å². The van der Waals surface area contributed by atoms with E-state index in [0.717, 1.165) is 29.9 Å². The molecule has 0 spiro atoms. The second-order valence-corrected chi connectivity index (χ2v) is 7.20. The Morgan fingerprint density at radius 2 is 2.07 bits per heavy atom. The smallest absolute Gasteiger partial charge is 0.290 e. The number of anilines is 3. The number of aryl methyl sites for hydroxylation is 1. The monoisotopic (exact) mass is 399 g/mol. The molecule has 0 atom stereocenters. The lowest BCUT2D eigenvalue weighted by Gasteiger charge is -2.09. The van der Waals surface area contributed by atoms with Gasteiger partial charge in [-0.3, -0.25) is 14.7 Å². The van der Waals surface area contributed by atoms with E-state index >= 15 is 0 Å². The fourth-order valence-corrected chi connectivity index (χ4v) is 3.53. The topological polar surface area (TPSA) is 130 Å². The van der Waals surface area contributed by atoms with Crippen molar-refractivity contribution in [1.29, 1.82) is 0 Å². The predicted octanol–water partition coefficient (Wildman–Crippen LogP) is 2.58. The lowest BCUT2D eigenvalue weighted by Crippen LogP contribution is -2.07. The van der Waals surface area contributed by atoms with E-state index in [4.69, 9.17) is 15.6 Å². The van der Waals surface area contributed by atoms with Gasteiger partial charge in [-0.15, -0.1) is 0 Å². The summed E-state index contributed by atoms with van der Waals surface area (Å²) < 4.78 is 4.47. The zero-order valence-electron chi connectivity index (χ0n) is 15.8. The first-order chi connectivity index (χ1) is 13.4. The van der Waals surface area contributed by atoms with Gasteiger partial charge in [0.15, 0.2) is 11.6 Å². The Bertz CT molecular complexity index is 1010. The van der Waals surface area contributed by atoms with E-state index in [2.05, 4.69) is 42.7 Å². The molecule has 0 amide bonds. The number of carbonyl (C=O) groups is 1. The molecule has 0 bridgehead atoms. The van der Waals surface area contributed by atoms with Crippen LogP contribution >= 0.6 is 11.5 Å². The van der Waals surface area contributed by atoms with Crippen LogP contribution in [-0.4, -0.2) is 42.9 Å². The van der Waals surface area contributed by atoms with Crippen LogP contribution in [0.25, 0.3) is 11.5 Å². The van der Waals surface area contributed by atoms with E-state index in [-0.39, 0.29) is 6.47 Å². The van der Waals surface area contributed by atoms with Gasteiger partial charge in [-0.25, -0.2) is 4.98 Å². The molecule has 0 aliphatic carbocycles. The summed E-state index contributed by atoms with van der Waals surface area (Å²) in [5, 5.41) is 10.7. The van der Waals surface area contributed by atoms with Crippen molar-refractivity contribution < 1.29 is 9.90 Å². The third-order valence-corrected chi connectivity index (χ3v) is 5.15. The number of hydrogen-bond donors (Lipinski definition) is 3. The molecule has 0 unspecified atom stereocenters. The summed E-state index contributed by atoms with van der Waals surface area (Å²) in [6, 6.07) is 2.06. The Morgan fingerprint density at radius 3 is 2.82 bits per heavy atom. The highest BCUT2D eigenvalue weighted by molar-refractivity contribution is 7.09. The number of nitrogens with zero attached hydrogens (tertiary/aromatic N) is 5. The summed E-state index contributed by atoms with van der Waals surface area (Å²) >= 11 is 1.28. The first kappa shape index (κ1) is 19.6. The SMILES string of the molecule is Cc1cnc(Nc2nc(-c3nccc4c3CN(C)C4)ns2)c(N)c1C.O=CO. The highest BCUT2D eigenvalue weighted by Crippen LogP contribution is 2.31. The number of nitrogens with one attached hydrogen (secondary N) is 1. The van der Waals surface area contributed by atoms with Crippen LogP contribution in [-0.2, 0) is 17.9 Å². The highest BCUT2D eigenvalue weighted by atomic mass is 32.1. The summed E-state index contributed by atoms with van der Waals surface area (Å²) in [6.07, 6.45) is 3.63. The van der Waals surface area contributed by atoms with Crippen molar-refractivity contribution in [1.82, 2.24) is 24.2 Å². The molecule has 0 radical (unpaired) electrons. The van der Waals surface area contributed by atoms with Gasteiger partial charge in [0.25, 0.3) is 6.47 Å². The minimum atomic E-state index is -0.250. The van der Waals surface area contributed by atoms with Gasteiger partial charge in [0, 0.05) is 42.6 Å². The van der Waals surface area contributed by atoms with Crippen LogP contribution in [0.1, 0.15) is 22.3 Å². The number of rotatable bonds is 3. The molecule has 4 N–H and O–H groups in total. The van der Waals surface area contributed by atoms with E-state index < -0.39 is 0 Å². The van der Waals surface area contributed by atoms with Gasteiger partial charge in [-0.2, -0.15) is 9.36 Å². The number of nitrogens with two attached hydrogens (primary N) is 1. The average molecular weight is 399 g/mol. The molecule has 4 rings (SSSR count). The molecule has 0 fully saturated rings. The number of aromatic nitrogens is 4. The molecule has 0 saturated carbocycles. The third kappa shape index (κ3) is 3.92. The van der Waals surface area contributed by atoms with Gasteiger partial charge in [0.2, 0.25) is 5.13 Å². The number of hydrogen-bond acceptors (Lipinski definition) is 9. The fraction of sp³-hybridized carbons (Fsp3) is 0.278. The van der Waals surface area contributed by atoms with Crippen LogP contribution in [0.4, 0.5) is 16.6 Å². The molecule has 28 heavy (non-hydrogen) atoms. The molecule has 0 saturated heterocycles. The zero-order chi connectivity index (χ0) is 20.3. The average Bonchev–Trinajstić information content (AvgIpc) is 3.28. The molecule has 9 nitrogen and oxygen atoms in total. The molecule has 4 heterocycles. The molecule has 3 aromatic rings. The van der Waals surface area contributed by atoms with Crippen molar-refractivity contribution in [3.63, 3.8) is 0 Å². The van der Waals surface area contributed by atoms with Gasteiger partial charge >= 0.3 is 0 Å². The van der Waals surface area contributed by atoms with Crippen molar-refractivity contribution in [2.24, 2.45) is 0 Å². The number of nitrogen functional groups attached to an aromatic ring is 1. The molecule has 3 aromatic heterocycles. The molecular weight excluding hydrogens is 378 g/mol. The second kappa shape index (κ2) is 8.28. The normalized spacial score (nSPS) is 12.8. The summed E-state index contributed by atoms with van der Waals surface area (Å²) in [7, 11) is 2.10. The lowest BCUT2D eigenvalue weighted by molar-refractivity contribution is -0.122. The van der Waals surface area contributed by atoms with E-state index in [0.29, 0.717) is 22.5 Å². The number of fused-ring (bicyclic) bond motifs is 1. The van der Waals surface area contributed by atoms with Crippen LogP contribution < -0.4 is 11.1 Å². The van der Waals surface area contributed by atoms with Crippen LogP contribution in [0.15, 0.2) is 18.5 Å². The largest absolute Gasteiger partial charge is 0.483 e. The minimum absolute atomic E-state index is 0.250. The van der Waals surface area contributed by atoms with Crippen molar-refractivity contribution in [2.45, 2.75) is 26.9 Å². The van der Waals surface area contributed by atoms with Gasteiger partial charge in [0.1, 0.15) is 5.69 Å². The Hall–Kier alpha value is -3.11. The van der Waals surface area contributed by atoms with Gasteiger partial charge in [-0.1, -0.05) is 0 Å². The van der Waals surface area contributed by atoms with E-state index in [1.807, 2.05) is 20.0 Å². The summed E-state index contributed by atoms with van der Waals surface area (Å²) in [6.45, 7) is 5.52. The standard InChI is InChI=1S/C17H19N7S.CH2O2/c1-9-6-20-15(13(18)10(9)2)21-17-22-16(23-25-17)14-12-8-24(3)7-11(12)4-5-19-14;2-1-3/h4-6H,7-8,18H2,1-3H3,(H,20,21,22,23);1H,(H,2,3). The first-order valence-electron chi connectivity index (χ1n) is 8.50. The third-order valence-electron chi connectivity index (χ3n) is 4.52. The maximum absolute atomic E-state index is 8.36. The van der Waals surface area contributed by atoms with Crippen molar-refractivity contribution >= 4 is 34.6 Å². The highest BCUT2D eigenvalue weighted by Gasteiger charge is 2.22. The Morgan fingerprint density at radius 1 is 1.32 bits per heavy atom. The maximum Gasteiger partial charge on any atom is 0.290 e. The zero-order valence-corrected chi connectivity index (χ0v) is 16.6. The van der Waals surface area contributed by atoms with Crippen LogP contribution in [0.5, 0.6) is 0 Å². The van der Waals surface area contributed by atoms with E-state index in [9.17, 15) is 0 Å². The summed E-state index contributed by atoms with van der Waals surface area (Å²) in [5.41, 5.74) is 12.2. The lowest BCUT2D eigenvalue weighted by atomic mass is 10.1. The quantitative estimate of drug-likeness (QED) is 0.569. The van der Waals surface area contributed by atoms with Crippen LogP contribution in [0, 0.1) is 13.8 Å². The van der Waals surface area contributed by atoms with Crippen molar-refractivity contribution in [3.8, 4) is 11.5 Å². The van der Waals surface area contributed by atoms with Gasteiger partial charge in [0.05, 0.1) is 5.69 Å². The van der Waals surface area contributed by atoms with Crippen LogP contribution in [0.3, 0.4) is 0 Å². The number of carboxylic acid groups (broad SMARTS) is 1. The molecule has 1 aliphatic heterocycles. The Balaban J connectivity index is 0.000000706. The second-order valence-electron chi connectivity index (χ2n) is 6.45. The van der Waals surface area contributed by atoms with E-state index in [1.165, 1.54) is 22.7 Å². The first-order valence-corrected chi connectivity index (χ1v) is 9.27. The van der Waals surface area contributed by atoms with Gasteiger partial charge < -0.3 is 16.2 Å². The molecule has 1 aliphatic rings. The summed E-state index contributed by atoms with van der Waals surface area (Å²) in [4.78, 5) is 24.1. The minimum Gasteiger partial charge on any atom is -0.483 e. The summed E-state index contributed by atoms with van der Waals surface area (Å²) in [5.74, 6) is 1.25. The Kier molecular flexibility index (Phi) is 5.81.